The molecule has 2 heteroatoms. The second kappa shape index (κ2) is 5.05. The molecule has 0 amide bonds. The van der Waals surface area contributed by atoms with Crippen LogP contribution >= 0.6 is 0 Å². The Bertz CT molecular complexity index is 215. The van der Waals surface area contributed by atoms with Crippen LogP contribution in [-0.4, -0.2) is 30.6 Å². The van der Waals surface area contributed by atoms with E-state index in [-0.39, 0.29) is 0 Å². The minimum atomic E-state index is 0.439. The lowest BCUT2D eigenvalue weighted by Crippen LogP contribution is -2.45. The maximum atomic E-state index is 6.03. The van der Waals surface area contributed by atoms with E-state index in [9.17, 15) is 0 Å². The molecule has 2 fully saturated rings. The molecule has 16 heavy (non-hydrogen) atoms. The van der Waals surface area contributed by atoms with Gasteiger partial charge in [-0.1, -0.05) is 13.8 Å². The van der Waals surface area contributed by atoms with Gasteiger partial charge in [-0.3, -0.25) is 0 Å². The molecule has 1 atom stereocenters. The van der Waals surface area contributed by atoms with Crippen LogP contribution in [-0.2, 0) is 0 Å². The van der Waals surface area contributed by atoms with Crippen LogP contribution in [0.15, 0.2) is 0 Å². The molecule has 2 nitrogen and oxygen atoms in total. The second-order valence-corrected chi connectivity index (χ2v) is 6.77. The number of hydrogen-bond acceptors (Lipinski definition) is 2. The Morgan fingerprint density at radius 3 is 2.50 bits per heavy atom. The molecule has 0 bridgehead atoms. The van der Waals surface area contributed by atoms with E-state index >= 15 is 0 Å². The summed E-state index contributed by atoms with van der Waals surface area (Å²) < 4.78 is 0. The first-order chi connectivity index (χ1) is 7.55. The predicted octanol–water partition coefficient (Wildman–Crippen LogP) is 2.63. The van der Waals surface area contributed by atoms with Gasteiger partial charge in [0.05, 0.1) is 0 Å². The zero-order valence-corrected chi connectivity index (χ0v) is 11.0. The van der Waals surface area contributed by atoms with Crippen LogP contribution < -0.4 is 5.73 Å². The largest absolute Gasteiger partial charge is 0.327 e. The number of hydrogen-bond donors (Lipinski definition) is 1. The highest BCUT2D eigenvalue weighted by Gasteiger charge is 2.28. The van der Waals surface area contributed by atoms with Crippen LogP contribution in [0.5, 0.6) is 0 Å². The Hall–Kier alpha value is -0.0800. The van der Waals surface area contributed by atoms with E-state index in [0.717, 1.165) is 12.5 Å². The SMILES string of the molecule is CC1(C)CCC(CN2CCCC(N)C2)CC1. The van der Waals surface area contributed by atoms with Gasteiger partial charge >= 0.3 is 0 Å². The fourth-order valence-electron chi connectivity index (χ4n) is 3.26. The number of rotatable bonds is 2. The van der Waals surface area contributed by atoms with Gasteiger partial charge in [-0.25, -0.2) is 0 Å². The van der Waals surface area contributed by atoms with Gasteiger partial charge in [0.25, 0.3) is 0 Å². The highest BCUT2D eigenvalue weighted by atomic mass is 15.1. The van der Waals surface area contributed by atoms with E-state index in [4.69, 9.17) is 5.73 Å². The first-order valence-electron chi connectivity index (χ1n) is 7.03. The summed E-state index contributed by atoms with van der Waals surface area (Å²) in [6.07, 6.45) is 8.22. The minimum absolute atomic E-state index is 0.439. The topological polar surface area (TPSA) is 29.3 Å². The van der Waals surface area contributed by atoms with Gasteiger partial charge in [0.2, 0.25) is 0 Å². The molecule has 1 saturated heterocycles. The summed E-state index contributed by atoms with van der Waals surface area (Å²) in [7, 11) is 0. The molecule has 94 valence electrons. The van der Waals surface area contributed by atoms with E-state index < -0.39 is 0 Å². The lowest BCUT2D eigenvalue weighted by Gasteiger charge is -2.38. The summed E-state index contributed by atoms with van der Waals surface area (Å²) in [5, 5.41) is 0. The van der Waals surface area contributed by atoms with Gasteiger partial charge in [-0.15, -0.1) is 0 Å². The number of likely N-dealkylation sites (tertiary alicyclic amines) is 1. The van der Waals surface area contributed by atoms with Crippen molar-refractivity contribution >= 4 is 0 Å². The monoisotopic (exact) mass is 224 g/mol. The highest BCUT2D eigenvalue weighted by Crippen LogP contribution is 2.38. The van der Waals surface area contributed by atoms with E-state index in [1.807, 2.05) is 0 Å². The van der Waals surface area contributed by atoms with Crippen molar-refractivity contribution in [2.75, 3.05) is 19.6 Å². The molecular weight excluding hydrogens is 196 g/mol. The van der Waals surface area contributed by atoms with Crippen molar-refractivity contribution in [2.24, 2.45) is 17.1 Å². The first kappa shape index (κ1) is 12.4. The second-order valence-electron chi connectivity index (χ2n) is 6.77. The van der Waals surface area contributed by atoms with Crippen molar-refractivity contribution in [1.29, 1.82) is 0 Å². The van der Waals surface area contributed by atoms with Gasteiger partial charge in [0, 0.05) is 19.1 Å². The fraction of sp³-hybridized carbons (Fsp3) is 1.00. The summed E-state index contributed by atoms with van der Waals surface area (Å²) in [6.45, 7) is 8.57. The Morgan fingerprint density at radius 2 is 1.88 bits per heavy atom. The molecule has 2 aliphatic rings. The van der Waals surface area contributed by atoms with Crippen molar-refractivity contribution in [3.05, 3.63) is 0 Å². The molecule has 0 aromatic heterocycles. The smallest absolute Gasteiger partial charge is 0.0168 e. The molecule has 0 spiro atoms. The Balaban J connectivity index is 1.74. The summed E-state index contributed by atoms with van der Waals surface area (Å²) in [5.74, 6) is 0.943. The quantitative estimate of drug-likeness (QED) is 0.781. The maximum absolute atomic E-state index is 6.03. The molecular formula is C14H28N2. The summed E-state index contributed by atoms with van der Waals surface area (Å²) in [5.41, 5.74) is 6.64. The Morgan fingerprint density at radius 1 is 1.19 bits per heavy atom. The third kappa shape index (κ3) is 3.46. The lowest BCUT2D eigenvalue weighted by molar-refractivity contribution is 0.126. The minimum Gasteiger partial charge on any atom is -0.327 e. The van der Waals surface area contributed by atoms with Crippen LogP contribution in [0.1, 0.15) is 52.4 Å². The zero-order chi connectivity index (χ0) is 11.6. The summed E-state index contributed by atoms with van der Waals surface area (Å²) in [6, 6.07) is 0.439. The third-order valence-electron chi connectivity index (χ3n) is 4.52. The van der Waals surface area contributed by atoms with Gasteiger partial charge in [0.15, 0.2) is 0 Å². The highest BCUT2D eigenvalue weighted by molar-refractivity contribution is 4.82. The van der Waals surface area contributed by atoms with Crippen LogP contribution in [0.2, 0.25) is 0 Å². The molecule has 0 aromatic carbocycles. The van der Waals surface area contributed by atoms with Crippen molar-refractivity contribution < 1.29 is 0 Å². The Labute approximate surface area is 101 Å². The first-order valence-corrected chi connectivity index (χ1v) is 7.03. The molecule has 1 aliphatic heterocycles. The van der Waals surface area contributed by atoms with E-state index in [1.165, 1.54) is 51.6 Å². The molecule has 2 N–H and O–H groups in total. The predicted molar refractivity (Wildman–Crippen MR) is 69.4 cm³/mol. The standard InChI is InChI=1S/C14H28N2/c1-14(2)7-5-12(6-8-14)10-16-9-3-4-13(15)11-16/h12-13H,3-11,15H2,1-2H3. The van der Waals surface area contributed by atoms with Gasteiger partial charge in [0.1, 0.15) is 0 Å². The van der Waals surface area contributed by atoms with Crippen molar-refractivity contribution in [3.63, 3.8) is 0 Å². The van der Waals surface area contributed by atoms with Crippen LogP contribution in [0.3, 0.4) is 0 Å². The van der Waals surface area contributed by atoms with Gasteiger partial charge < -0.3 is 10.6 Å². The van der Waals surface area contributed by atoms with Gasteiger partial charge in [-0.2, -0.15) is 0 Å². The zero-order valence-electron chi connectivity index (χ0n) is 11.0. The van der Waals surface area contributed by atoms with E-state index in [2.05, 4.69) is 18.7 Å². The van der Waals surface area contributed by atoms with Crippen LogP contribution in [0.4, 0.5) is 0 Å². The van der Waals surface area contributed by atoms with Crippen LogP contribution in [0, 0.1) is 11.3 Å². The lowest BCUT2D eigenvalue weighted by atomic mass is 9.73. The number of nitrogens with zero attached hydrogens (tertiary/aromatic N) is 1. The molecule has 1 heterocycles. The van der Waals surface area contributed by atoms with Gasteiger partial charge in [-0.05, 0) is 56.4 Å². The summed E-state index contributed by atoms with van der Waals surface area (Å²) >= 11 is 0. The fourth-order valence-corrected chi connectivity index (χ4v) is 3.26. The van der Waals surface area contributed by atoms with E-state index in [1.54, 1.807) is 0 Å². The average Bonchev–Trinajstić information content (AvgIpc) is 2.21. The molecule has 0 aromatic rings. The Kier molecular flexibility index (Phi) is 3.91. The number of nitrogens with two attached hydrogens (primary N) is 1. The van der Waals surface area contributed by atoms with E-state index in [0.29, 0.717) is 11.5 Å². The molecule has 1 unspecified atom stereocenters. The van der Waals surface area contributed by atoms with Crippen molar-refractivity contribution in [1.82, 2.24) is 4.90 Å². The molecule has 2 rings (SSSR count). The normalized spacial score (nSPS) is 32.8. The molecule has 0 radical (unpaired) electrons. The van der Waals surface area contributed by atoms with Crippen molar-refractivity contribution in [2.45, 2.75) is 58.4 Å². The maximum Gasteiger partial charge on any atom is 0.0168 e. The molecule has 1 aliphatic carbocycles. The molecule has 1 saturated carbocycles. The average molecular weight is 224 g/mol. The van der Waals surface area contributed by atoms with Crippen LogP contribution in [0.25, 0.3) is 0 Å². The number of piperidine rings is 1. The van der Waals surface area contributed by atoms with Crippen molar-refractivity contribution in [3.8, 4) is 0 Å². The summed E-state index contributed by atoms with van der Waals surface area (Å²) in [4.78, 5) is 2.61. The third-order valence-corrected chi connectivity index (χ3v) is 4.52.